The van der Waals surface area contributed by atoms with Crippen molar-refractivity contribution < 1.29 is 14.3 Å². The minimum atomic E-state index is -0.582. The van der Waals surface area contributed by atoms with Gasteiger partial charge in [-0.15, -0.1) is 0 Å². The van der Waals surface area contributed by atoms with Crippen molar-refractivity contribution in [3.05, 3.63) is 57.8 Å². The predicted molar refractivity (Wildman–Crippen MR) is 82.2 cm³/mol. The van der Waals surface area contributed by atoms with E-state index in [4.69, 9.17) is 10.00 Å². The number of carbonyl (C=O) groups excluding carboxylic acids is 2. The molecule has 0 aliphatic rings. The summed E-state index contributed by atoms with van der Waals surface area (Å²) in [5, 5.41) is 12.6. The lowest BCUT2D eigenvalue weighted by atomic mass is 10.1. The third kappa shape index (κ3) is 4.17. The van der Waals surface area contributed by atoms with Crippen LogP contribution in [0.15, 0.2) is 41.1 Å². The Bertz CT molecular complexity index is 687. The number of rotatable bonds is 5. The van der Waals surface area contributed by atoms with Crippen molar-refractivity contribution in [2.75, 3.05) is 13.7 Å². The van der Waals surface area contributed by atoms with E-state index in [1.54, 1.807) is 18.4 Å². The fourth-order valence-electron chi connectivity index (χ4n) is 1.75. The summed E-state index contributed by atoms with van der Waals surface area (Å²) in [6.45, 7) is 0.177. The molecule has 0 atom stereocenters. The fraction of sp³-hybridized carbons (Fsp3) is 0.188. The first-order chi connectivity index (χ1) is 10.6. The van der Waals surface area contributed by atoms with Gasteiger partial charge in [0, 0.05) is 13.6 Å². The van der Waals surface area contributed by atoms with Gasteiger partial charge in [-0.05, 0) is 46.7 Å². The zero-order valence-electron chi connectivity index (χ0n) is 12.0. The Labute approximate surface area is 132 Å². The molecular weight excluding hydrogens is 300 g/mol. The highest BCUT2D eigenvalue weighted by Crippen LogP contribution is 2.09. The molecule has 112 valence electrons. The van der Waals surface area contributed by atoms with Crippen LogP contribution in [-0.4, -0.2) is 30.4 Å². The van der Waals surface area contributed by atoms with Gasteiger partial charge in [0.25, 0.3) is 5.91 Å². The summed E-state index contributed by atoms with van der Waals surface area (Å²) >= 11 is 1.57. The molecule has 0 bridgehead atoms. The molecule has 0 aliphatic heterocycles. The number of thiophene rings is 1. The number of nitriles is 1. The van der Waals surface area contributed by atoms with E-state index in [-0.39, 0.29) is 12.5 Å². The van der Waals surface area contributed by atoms with Crippen molar-refractivity contribution >= 4 is 23.2 Å². The molecule has 2 rings (SSSR count). The van der Waals surface area contributed by atoms with Crippen molar-refractivity contribution in [2.45, 2.75) is 6.54 Å². The normalized spacial score (nSPS) is 9.82. The van der Waals surface area contributed by atoms with E-state index in [0.717, 1.165) is 5.56 Å². The van der Waals surface area contributed by atoms with E-state index < -0.39 is 5.97 Å². The molecule has 0 unspecified atom stereocenters. The average molecular weight is 314 g/mol. The standard InChI is InChI=1S/C16H14N2O3S/c1-18(9-13-6-7-22-11-13)15(19)10-21-16(20)14-4-2-12(8-17)3-5-14/h2-7,11H,9-10H2,1H3. The molecule has 1 amide bonds. The SMILES string of the molecule is CN(Cc1ccsc1)C(=O)COC(=O)c1ccc(C#N)cc1. The number of amides is 1. The predicted octanol–water partition coefficient (Wildman–Crippen LogP) is 2.44. The van der Waals surface area contributed by atoms with E-state index in [2.05, 4.69) is 0 Å². The minimum absolute atomic E-state index is 0.270. The van der Waals surface area contributed by atoms with Gasteiger partial charge in [0.15, 0.2) is 6.61 Å². The van der Waals surface area contributed by atoms with Gasteiger partial charge in [-0.25, -0.2) is 4.79 Å². The molecule has 0 fully saturated rings. The molecule has 0 saturated heterocycles. The average Bonchev–Trinajstić information content (AvgIpc) is 3.05. The summed E-state index contributed by atoms with van der Waals surface area (Å²) in [6.07, 6.45) is 0. The maximum absolute atomic E-state index is 11.9. The van der Waals surface area contributed by atoms with Crippen molar-refractivity contribution in [3.63, 3.8) is 0 Å². The third-order valence-electron chi connectivity index (χ3n) is 3.00. The molecule has 1 aromatic carbocycles. The molecule has 22 heavy (non-hydrogen) atoms. The highest BCUT2D eigenvalue weighted by molar-refractivity contribution is 7.07. The summed E-state index contributed by atoms with van der Waals surface area (Å²) < 4.78 is 4.99. The molecule has 0 radical (unpaired) electrons. The van der Waals surface area contributed by atoms with E-state index in [0.29, 0.717) is 17.7 Å². The van der Waals surface area contributed by atoms with Crippen molar-refractivity contribution in [3.8, 4) is 6.07 Å². The van der Waals surface area contributed by atoms with Crippen LogP contribution in [0, 0.1) is 11.3 Å². The van der Waals surface area contributed by atoms with Crippen LogP contribution in [-0.2, 0) is 16.1 Å². The molecule has 1 heterocycles. The number of nitrogens with zero attached hydrogens (tertiary/aromatic N) is 2. The minimum Gasteiger partial charge on any atom is -0.452 e. The second kappa shape index (κ2) is 7.38. The monoisotopic (exact) mass is 314 g/mol. The number of hydrogen-bond donors (Lipinski definition) is 0. The van der Waals surface area contributed by atoms with Crippen LogP contribution in [0.5, 0.6) is 0 Å². The van der Waals surface area contributed by atoms with Crippen LogP contribution >= 0.6 is 11.3 Å². The molecule has 6 heteroatoms. The van der Waals surface area contributed by atoms with E-state index in [1.165, 1.54) is 29.2 Å². The first-order valence-electron chi connectivity index (χ1n) is 6.52. The van der Waals surface area contributed by atoms with Gasteiger partial charge >= 0.3 is 5.97 Å². The van der Waals surface area contributed by atoms with Gasteiger partial charge in [0.1, 0.15) is 0 Å². The van der Waals surface area contributed by atoms with Gasteiger partial charge in [-0.3, -0.25) is 4.79 Å². The zero-order valence-corrected chi connectivity index (χ0v) is 12.8. The third-order valence-corrected chi connectivity index (χ3v) is 3.73. The van der Waals surface area contributed by atoms with Gasteiger partial charge in [-0.1, -0.05) is 0 Å². The lowest BCUT2D eigenvalue weighted by Crippen LogP contribution is -2.30. The van der Waals surface area contributed by atoms with E-state index in [1.807, 2.05) is 22.9 Å². The molecule has 0 N–H and O–H groups in total. The van der Waals surface area contributed by atoms with Crippen LogP contribution < -0.4 is 0 Å². The van der Waals surface area contributed by atoms with Gasteiger partial charge in [0.2, 0.25) is 0 Å². The summed E-state index contributed by atoms with van der Waals surface area (Å²) in [6, 6.07) is 9.97. The highest BCUT2D eigenvalue weighted by atomic mass is 32.1. The first kappa shape index (κ1) is 15.7. The number of ether oxygens (including phenoxy) is 1. The molecular formula is C16H14N2O3S. The summed E-state index contributed by atoms with van der Waals surface area (Å²) in [4.78, 5) is 25.2. The van der Waals surface area contributed by atoms with E-state index >= 15 is 0 Å². The van der Waals surface area contributed by atoms with Crippen LogP contribution in [0.2, 0.25) is 0 Å². The summed E-state index contributed by atoms with van der Waals surface area (Å²) in [5.74, 6) is -0.852. The second-order valence-corrected chi connectivity index (χ2v) is 5.43. The number of hydrogen-bond acceptors (Lipinski definition) is 5. The second-order valence-electron chi connectivity index (χ2n) is 4.65. The van der Waals surface area contributed by atoms with Crippen molar-refractivity contribution in [1.82, 2.24) is 4.90 Å². The van der Waals surface area contributed by atoms with Crippen molar-refractivity contribution in [1.29, 1.82) is 5.26 Å². The van der Waals surface area contributed by atoms with Crippen LogP contribution in [0.3, 0.4) is 0 Å². The van der Waals surface area contributed by atoms with E-state index in [9.17, 15) is 9.59 Å². The lowest BCUT2D eigenvalue weighted by molar-refractivity contribution is -0.133. The van der Waals surface area contributed by atoms with Crippen LogP contribution in [0.1, 0.15) is 21.5 Å². The van der Waals surface area contributed by atoms with Gasteiger partial charge < -0.3 is 9.64 Å². The maximum atomic E-state index is 11.9. The lowest BCUT2D eigenvalue weighted by Gasteiger charge is -2.16. The summed E-state index contributed by atoms with van der Waals surface area (Å²) in [5.41, 5.74) is 1.81. The number of esters is 1. The van der Waals surface area contributed by atoms with Crippen molar-refractivity contribution in [2.24, 2.45) is 0 Å². The highest BCUT2D eigenvalue weighted by Gasteiger charge is 2.14. The fourth-order valence-corrected chi connectivity index (χ4v) is 2.41. The molecule has 0 aliphatic carbocycles. The Kier molecular flexibility index (Phi) is 5.28. The molecule has 1 aromatic heterocycles. The molecule has 5 nitrogen and oxygen atoms in total. The summed E-state index contributed by atoms with van der Waals surface area (Å²) in [7, 11) is 1.66. The number of benzene rings is 1. The molecule has 2 aromatic rings. The molecule has 0 spiro atoms. The first-order valence-corrected chi connectivity index (χ1v) is 7.47. The molecule has 0 saturated carbocycles. The largest absolute Gasteiger partial charge is 0.452 e. The Balaban J connectivity index is 1.84. The maximum Gasteiger partial charge on any atom is 0.338 e. The quantitative estimate of drug-likeness (QED) is 0.795. The Hall–Kier alpha value is -2.65. The van der Waals surface area contributed by atoms with Crippen LogP contribution in [0.4, 0.5) is 0 Å². The zero-order chi connectivity index (χ0) is 15.9. The Morgan fingerprint density at radius 1 is 1.27 bits per heavy atom. The number of carbonyl (C=O) groups is 2. The number of likely N-dealkylation sites (N-methyl/N-ethyl adjacent to an activating group) is 1. The Morgan fingerprint density at radius 3 is 2.59 bits per heavy atom. The Morgan fingerprint density at radius 2 is 2.00 bits per heavy atom. The van der Waals surface area contributed by atoms with Crippen LogP contribution in [0.25, 0.3) is 0 Å². The smallest absolute Gasteiger partial charge is 0.338 e. The van der Waals surface area contributed by atoms with Gasteiger partial charge in [0.05, 0.1) is 17.2 Å². The van der Waals surface area contributed by atoms with Gasteiger partial charge in [-0.2, -0.15) is 16.6 Å². The topological polar surface area (TPSA) is 70.4 Å².